The first kappa shape index (κ1) is 37.8. The maximum Gasteiger partial charge on any atom is 0.316 e. The highest BCUT2D eigenvalue weighted by Crippen LogP contribution is 2.65. The summed E-state index contributed by atoms with van der Waals surface area (Å²) in [6.07, 6.45) is 6.36. The van der Waals surface area contributed by atoms with Gasteiger partial charge in [0.2, 0.25) is 17.6 Å². The zero-order chi connectivity index (χ0) is 35.7. The summed E-state index contributed by atoms with van der Waals surface area (Å²) >= 11 is 0. The van der Waals surface area contributed by atoms with Crippen LogP contribution in [0.1, 0.15) is 92.9 Å². The van der Waals surface area contributed by atoms with Crippen LogP contribution in [0.15, 0.2) is 12.7 Å². The molecule has 0 aromatic rings. The summed E-state index contributed by atoms with van der Waals surface area (Å²) in [6, 6.07) is -3.68. The molecule has 4 fully saturated rings. The molecule has 4 aliphatic rings. The Morgan fingerprint density at radius 2 is 1.73 bits per heavy atom. The summed E-state index contributed by atoms with van der Waals surface area (Å²) < 4.78 is 31.5. The number of carbonyl (C=O) groups is 5. The summed E-state index contributed by atoms with van der Waals surface area (Å²) in [5.41, 5.74) is -3.26. The van der Waals surface area contributed by atoms with E-state index in [9.17, 15) is 32.4 Å². The number of piperidine rings is 1. The standard InChI is InChI=1S/C34H55N5O8S/c1-8-10-14-22(25(40)28(42)35-17-9-2)36-27(41)24-23-21(33(23,6)7)20-39(24)29(43)26(32(3,4)5)37-31(44)38-34(15-12-11-13-16-34)30-47-18-19-48(30,45)46/h9,21-24,26,30H,2,8,10-20H2,1,3-7H3,(H,35,42)(H,36,41)(H2,37,38,44)/t21?,22-,23-,24-,26+,30+/m0/s1. The summed E-state index contributed by atoms with van der Waals surface area (Å²) in [7, 11) is -3.58. The molecule has 270 valence electrons. The molecule has 13 nitrogen and oxygen atoms in total. The molecule has 0 aromatic carbocycles. The first-order valence-corrected chi connectivity index (χ1v) is 19.1. The third kappa shape index (κ3) is 7.74. The van der Waals surface area contributed by atoms with E-state index in [4.69, 9.17) is 4.74 Å². The zero-order valence-electron chi connectivity index (χ0n) is 29.4. The Morgan fingerprint density at radius 3 is 2.29 bits per heavy atom. The number of nitrogens with zero attached hydrogens (tertiary/aromatic N) is 1. The second-order valence-electron chi connectivity index (χ2n) is 15.6. The quantitative estimate of drug-likeness (QED) is 0.167. The second-order valence-corrected chi connectivity index (χ2v) is 17.8. The SMILES string of the molecule is C=CCNC(=O)C(=O)[C@H](CCCC)NC(=O)[C@@H]1[C@@H]2C(CN1C(=O)[C@@H](NC(=O)NC1([C@@H]3OCCS3(=O)=O)CCCCC1)C(C)(C)C)C2(C)C. The number of amides is 5. The molecule has 0 bridgehead atoms. The lowest BCUT2D eigenvalue weighted by Crippen LogP contribution is -2.65. The first-order valence-electron chi connectivity index (χ1n) is 17.4. The number of unbranched alkanes of at least 4 members (excludes halogenated alkanes) is 1. The predicted molar refractivity (Wildman–Crippen MR) is 180 cm³/mol. The van der Waals surface area contributed by atoms with Crippen LogP contribution >= 0.6 is 0 Å². The van der Waals surface area contributed by atoms with Crippen LogP contribution in [0.25, 0.3) is 0 Å². The summed E-state index contributed by atoms with van der Waals surface area (Å²) in [5, 5.41) is 11.1. The maximum atomic E-state index is 14.4. The number of hydrogen-bond donors (Lipinski definition) is 4. The van der Waals surface area contributed by atoms with Gasteiger partial charge in [-0.3, -0.25) is 19.2 Å². The lowest BCUT2D eigenvalue weighted by atomic mass is 9.82. The molecule has 2 aliphatic heterocycles. The van der Waals surface area contributed by atoms with Crippen molar-refractivity contribution in [3.63, 3.8) is 0 Å². The number of ketones is 1. The van der Waals surface area contributed by atoms with Gasteiger partial charge >= 0.3 is 6.03 Å². The molecule has 4 N–H and O–H groups in total. The maximum absolute atomic E-state index is 14.4. The summed E-state index contributed by atoms with van der Waals surface area (Å²) in [5.74, 6) is -2.73. The van der Waals surface area contributed by atoms with E-state index in [1.54, 1.807) is 0 Å². The molecular weight excluding hydrogens is 638 g/mol. The molecule has 5 amide bonds. The largest absolute Gasteiger partial charge is 0.359 e. The Balaban J connectivity index is 1.55. The monoisotopic (exact) mass is 693 g/mol. The highest BCUT2D eigenvalue weighted by atomic mass is 32.2. The average Bonchev–Trinajstić information content (AvgIpc) is 3.33. The van der Waals surface area contributed by atoms with E-state index in [1.807, 2.05) is 41.5 Å². The average molecular weight is 694 g/mol. The molecular formula is C34H55N5O8S. The van der Waals surface area contributed by atoms with E-state index in [1.165, 1.54) is 11.0 Å². The van der Waals surface area contributed by atoms with Gasteiger partial charge in [0.05, 0.1) is 23.9 Å². The smallest absolute Gasteiger partial charge is 0.316 e. The van der Waals surface area contributed by atoms with Crippen LogP contribution in [0, 0.1) is 22.7 Å². The lowest BCUT2D eigenvalue weighted by Gasteiger charge is -2.42. The number of ether oxygens (including phenoxy) is 1. The number of fused-ring (bicyclic) bond motifs is 1. The number of sulfone groups is 1. The predicted octanol–water partition coefficient (Wildman–Crippen LogP) is 2.20. The molecule has 2 aliphatic carbocycles. The van der Waals surface area contributed by atoms with Crippen molar-refractivity contribution in [1.29, 1.82) is 0 Å². The van der Waals surface area contributed by atoms with E-state index >= 15 is 0 Å². The van der Waals surface area contributed by atoms with Gasteiger partial charge in [0.1, 0.15) is 12.1 Å². The molecule has 0 aromatic heterocycles. The number of Topliss-reactive ketones (excluding diaryl/α,β-unsaturated/α-hetero) is 1. The van der Waals surface area contributed by atoms with Gasteiger partial charge in [-0.05, 0) is 41.9 Å². The van der Waals surface area contributed by atoms with E-state index in [-0.39, 0.29) is 42.6 Å². The van der Waals surface area contributed by atoms with E-state index < -0.39 is 73.9 Å². The van der Waals surface area contributed by atoms with Crippen LogP contribution in [-0.2, 0) is 33.8 Å². The molecule has 14 heteroatoms. The highest BCUT2D eigenvalue weighted by Gasteiger charge is 2.70. The van der Waals surface area contributed by atoms with Crippen LogP contribution in [0.4, 0.5) is 4.79 Å². The molecule has 0 radical (unpaired) electrons. The number of nitrogens with one attached hydrogen (secondary N) is 4. The van der Waals surface area contributed by atoms with Crippen LogP contribution in [0.2, 0.25) is 0 Å². The van der Waals surface area contributed by atoms with Gasteiger partial charge in [0.25, 0.3) is 5.91 Å². The van der Waals surface area contributed by atoms with Crippen LogP contribution in [0.3, 0.4) is 0 Å². The Hall–Kier alpha value is -3.00. The van der Waals surface area contributed by atoms with Crippen LogP contribution in [0.5, 0.6) is 0 Å². The number of carbonyl (C=O) groups excluding carboxylic acids is 5. The number of rotatable bonds is 13. The second kappa shape index (κ2) is 14.5. The molecule has 0 spiro atoms. The third-order valence-electron chi connectivity index (χ3n) is 10.8. The van der Waals surface area contributed by atoms with Crippen molar-refractivity contribution in [3.05, 3.63) is 12.7 Å². The number of likely N-dealkylation sites (tertiary alicyclic amines) is 1. The Morgan fingerprint density at radius 1 is 1.06 bits per heavy atom. The molecule has 4 rings (SSSR count). The molecule has 2 saturated heterocycles. The van der Waals surface area contributed by atoms with Crippen molar-refractivity contribution in [3.8, 4) is 0 Å². The fourth-order valence-corrected chi connectivity index (χ4v) is 9.78. The summed E-state index contributed by atoms with van der Waals surface area (Å²) in [4.78, 5) is 69.3. The van der Waals surface area contributed by atoms with Crippen molar-refractivity contribution in [2.75, 3.05) is 25.4 Å². The summed E-state index contributed by atoms with van der Waals surface area (Å²) in [6.45, 7) is 15.5. The Kier molecular flexibility index (Phi) is 11.4. The number of hydrogen-bond acceptors (Lipinski definition) is 8. The van der Waals surface area contributed by atoms with E-state index in [0.717, 1.165) is 25.7 Å². The van der Waals surface area contributed by atoms with Crippen molar-refractivity contribution in [2.24, 2.45) is 22.7 Å². The zero-order valence-corrected chi connectivity index (χ0v) is 30.2. The van der Waals surface area contributed by atoms with Gasteiger partial charge in [0, 0.05) is 13.1 Å². The normalized spacial score (nSPS) is 27.9. The van der Waals surface area contributed by atoms with Gasteiger partial charge in [-0.25, -0.2) is 13.2 Å². The molecule has 6 atom stereocenters. The van der Waals surface area contributed by atoms with Crippen LogP contribution in [-0.4, -0.2) is 97.4 Å². The minimum absolute atomic E-state index is 0.0440. The van der Waals surface area contributed by atoms with E-state index in [0.29, 0.717) is 25.8 Å². The molecule has 2 heterocycles. The van der Waals surface area contributed by atoms with Crippen molar-refractivity contribution in [1.82, 2.24) is 26.2 Å². The van der Waals surface area contributed by atoms with Crippen molar-refractivity contribution in [2.45, 2.75) is 122 Å². The topological polar surface area (TPSA) is 180 Å². The van der Waals surface area contributed by atoms with Gasteiger partial charge in [0.15, 0.2) is 15.3 Å². The fraction of sp³-hybridized carbons (Fsp3) is 0.794. The van der Waals surface area contributed by atoms with Gasteiger partial charge in [-0.1, -0.05) is 79.7 Å². The number of urea groups is 1. The van der Waals surface area contributed by atoms with Crippen LogP contribution < -0.4 is 21.3 Å². The lowest BCUT2D eigenvalue weighted by molar-refractivity contribution is -0.145. The van der Waals surface area contributed by atoms with Crippen molar-refractivity contribution >= 4 is 39.4 Å². The minimum atomic E-state index is -3.58. The highest BCUT2D eigenvalue weighted by molar-refractivity contribution is 7.92. The van der Waals surface area contributed by atoms with Gasteiger partial charge in [-0.2, -0.15) is 0 Å². The van der Waals surface area contributed by atoms with Gasteiger partial charge < -0.3 is 30.9 Å². The first-order chi connectivity index (χ1) is 22.4. The third-order valence-corrected chi connectivity index (χ3v) is 12.8. The Bertz CT molecular complexity index is 1380. The molecule has 2 saturated carbocycles. The molecule has 1 unspecified atom stereocenters. The minimum Gasteiger partial charge on any atom is -0.359 e. The van der Waals surface area contributed by atoms with E-state index in [2.05, 4.69) is 27.8 Å². The Labute approximate surface area is 285 Å². The molecule has 48 heavy (non-hydrogen) atoms. The van der Waals surface area contributed by atoms with Gasteiger partial charge in [-0.15, -0.1) is 6.58 Å². The van der Waals surface area contributed by atoms with Crippen molar-refractivity contribution < 1.29 is 37.1 Å². The fourth-order valence-electron chi connectivity index (χ4n) is 7.95.